The maximum Gasteiger partial charge on any atom is 0.224 e. The molecule has 1 rings (SSSR count). The Morgan fingerprint density at radius 3 is 2.40 bits per heavy atom. The summed E-state index contributed by atoms with van der Waals surface area (Å²) < 4.78 is 0. The number of hydrogen-bond donors (Lipinski definition) is 2. The Morgan fingerprint density at radius 1 is 1.10 bits per heavy atom. The smallest absolute Gasteiger partial charge is 0.224 e. The fourth-order valence-electron chi connectivity index (χ4n) is 2.30. The highest BCUT2D eigenvalue weighted by molar-refractivity contribution is 5.92. The van der Waals surface area contributed by atoms with Crippen LogP contribution in [0, 0.1) is 20.8 Å². The lowest BCUT2D eigenvalue weighted by Crippen LogP contribution is -2.12. The van der Waals surface area contributed by atoms with E-state index in [9.17, 15) is 9.90 Å². The molecule has 3 heteroatoms. The molecule has 2 N–H and O–H groups in total. The SMILES string of the molecule is CCCCCCCC(=O)Nc1cc(C)c(O)c(C)c1C. The summed E-state index contributed by atoms with van der Waals surface area (Å²) in [6, 6.07) is 1.84. The second-order valence-corrected chi connectivity index (χ2v) is 5.55. The minimum absolute atomic E-state index is 0.0640. The van der Waals surface area contributed by atoms with Crippen molar-refractivity contribution >= 4 is 11.6 Å². The summed E-state index contributed by atoms with van der Waals surface area (Å²) in [5, 5.41) is 12.8. The van der Waals surface area contributed by atoms with Crippen LogP contribution >= 0.6 is 0 Å². The quantitative estimate of drug-likeness (QED) is 0.564. The lowest BCUT2D eigenvalue weighted by molar-refractivity contribution is -0.116. The average Bonchev–Trinajstić information content (AvgIpc) is 2.42. The van der Waals surface area contributed by atoms with Crippen LogP contribution in [-0.4, -0.2) is 11.0 Å². The Hall–Kier alpha value is -1.51. The van der Waals surface area contributed by atoms with E-state index < -0.39 is 0 Å². The van der Waals surface area contributed by atoms with Crippen molar-refractivity contribution in [2.75, 3.05) is 5.32 Å². The van der Waals surface area contributed by atoms with Crippen molar-refractivity contribution in [3.8, 4) is 5.75 Å². The lowest BCUT2D eigenvalue weighted by Gasteiger charge is -2.14. The number of aryl methyl sites for hydroxylation is 1. The second kappa shape index (κ2) is 7.93. The standard InChI is InChI=1S/C17H27NO2/c1-5-6-7-8-9-10-16(19)18-15-11-12(2)17(20)14(4)13(15)3/h11,20H,5-10H2,1-4H3,(H,18,19). The maximum atomic E-state index is 11.9. The van der Waals surface area contributed by atoms with E-state index in [1.807, 2.05) is 26.8 Å². The van der Waals surface area contributed by atoms with Crippen LogP contribution in [0.15, 0.2) is 6.07 Å². The monoisotopic (exact) mass is 277 g/mol. The molecule has 0 spiro atoms. The number of aromatic hydroxyl groups is 1. The van der Waals surface area contributed by atoms with Crippen LogP contribution in [0.25, 0.3) is 0 Å². The van der Waals surface area contributed by atoms with Gasteiger partial charge in [-0.15, -0.1) is 0 Å². The normalized spacial score (nSPS) is 10.6. The van der Waals surface area contributed by atoms with E-state index in [4.69, 9.17) is 0 Å². The van der Waals surface area contributed by atoms with Crippen molar-refractivity contribution in [1.29, 1.82) is 0 Å². The first-order chi connectivity index (χ1) is 9.47. The number of unbranched alkanes of at least 4 members (excludes halogenated alkanes) is 4. The van der Waals surface area contributed by atoms with Crippen molar-refractivity contribution in [3.05, 3.63) is 22.8 Å². The molecule has 0 fully saturated rings. The molecule has 0 aromatic heterocycles. The number of hydrogen-bond acceptors (Lipinski definition) is 2. The number of carbonyl (C=O) groups excluding carboxylic acids is 1. The van der Waals surface area contributed by atoms with Gasteiger partial charge in [-0.2, -0.15) is 0 Å². The molecule has 3 nitrogen and oxygen atoms in total. The minimum Gasteiger partial charge on any atom is -0.507 e. The van der Waals surface area contributed by atoms with Crippen molar-refractivity contribution in [3.63, 3.8) is 0 Å². The number of nitrogens with one attached hydrogen (secondary N) is 1. The van der Waals surface area contributed by atoms with Gasteiger partial charge in [-0.3, -0.25) is 4.79 Å². The van der Waals surface area contributed by atoms with Crippen LogP contribution in [0.1, 0.15) is 62.1 Å². The zero-order valence-electron chi connectivity index (χ0n) is 13.2. The van der Waals surface area contributed by atoms with E-state index in [1.54, 1.807) is 0 Å². The van der Waals surface area contributed by atoms with Gasteiger partial charge >= 0.3 is 0 Å². The molecule has 0 heterocycles. The van der Waals surface area contributed by atoms with Gasteiger partial charge < -0.3 is 10.4 Å². The molecular formula is C17H27NO2. The molecule has 1 aromatic rings. The van der Waals surface area contributed by atoms with Gasteiger partial charge in [-0.25, -0.2) is 0 Å². The Kier molecular flexibility index (Phi) is 6.56. The Bertz CT molecular complexity index is 467. The first kappa shape index (κ1) is 16.5. The summed E-state index contributed by atoms with van der Waals surface area (Å²) in [5.41, 5.74) is 3.39. The molecule has 0 radical (unpaired) electrons. The zero-order chi connectivity index (χ0) is 15.1. The summed E-state index contributed by atoms with van der Waals surface area (Å²) >= 11 is 0. The highest BCUT2D eigenvalue weighted by Gasteiger charge is 2.11. The predicted molar refractivity (Wildman–Crippen MR) is 84.3 cm³/mol. The van der Waals surface area contributed by atoms with Gasteiger partial charge in [0.2, 0.25) is 5.91 Å². The van der Waals surface area contributed by atoms with E-state index in [0.29, 0.717) is 12.2 Å². The van der Waals surface area contributed by atoms with Crippen LogP contribution in [0.5, 0.6) is 5.75 Å². The number of anilines is 1. The van der Waals surface area contributed by atoms with Gasteiger partial charge in [0.15, 0.2) is 0 Å². The molecule has 1 amide bonds. The number of benzene rings is 1. The molecule has 0 saturated carbocycles. The molecular weight excluding hydrogens is 250 g/mol. The topological polar surface area (TPSA) is 49.3 Å². The first-order valence-corrected chi connectivity index (χ1v) is 7.57. The number of amides is 1. The zero-order valence-corrected chi connectivity index (χ0v) is 13.2. The largest absolute Gasteiger partial charge is 0.507 e. The second-order valence-electron chi connectivity index (χ2n) is 5.55. The summed E-state index contributed by atoms with van der Waals surface area (Å²) in [6.45, 7) is 7.83. The number of carbonyl (C=O) groups is 1. The van der Waals surface area contributed by atoms with Crippen molar-refractivity contribution in [2.45, 2.75) is 66.2 Å². The average molecular weight is 277 g/mol. The van der Waals surface area contributed by atoms with E-state index in [1.165, 1.54) is 19.3 Å². The summed E-state index contributed by atoms with van der Waals surface area (Å²) in [6.07, 6.45) is 6.31. The van der Waals surface area contributed by atoms with Crippen LogP contribution in [-0.2, 0) is 4.79 Å². The third-order valence-electron chi connectivity index (χ3n) is 3.84. The van der Waals surface area contributed by atoms with E-state index in [0.717, 1.165) is 35.2 Å². The highest BCUT2D eigenvalue weighted by atomic mass is 16.3. The van der Waals surface area contributed by atoms with Gasteiger partial charge in [-0.05, 0) is 49.9 Å². The van der Waals surface area contributed by atoms with Crippen molar-refractivity contribution in [2.24, 2.45) is 0 Å². The van der Waals surface area contributed by atoms with Gasteiger partial charge in [0.1, 0.15) is 5.75 Å². The predicted octanol–water partition coefficient (Wildman–Crippen LogP) is 4.62. The molecule has 112 valence electrons. The maximum absolute atomic E-state index is 11.9. The summed E-state index contributed by atoms with van der Waals surface area (Å²) in [5.74, 6) is 0.383. The van der Waals surface area contributed by atoms with Crippen LogP contribution in [0.2, 0.25) is 0 Å². The van der Waals surface area contributed by atoms with Gasteiger partial charge in [0.25, 0.3) is 0 Å². The van der Waals surface area contributed by atoms with E-state index >= 15 is 0 Å². The Balaban J connectivity index is 2.54. The Labute approximate surface area is 122 Å². The third kappa shape index (κ3) is 4.55. The van der Waals surface area contributed by atoms with E-state index in [2.05, 4.69) is 12.2 Å². The molecule has 20 heavy (non-hydrogen) atoms. The molecule has 0 aliphatic carbocycles. The fraction of sp³-hybridized carbons (Fsp3) is 0.588. The molecule has 0 saturated heterocycles. The fourth-order valence-corrected chi connectivity index (χ4v) is 2.30. The number of rotatable bonds is 7. The van der Waals surface area contributed by atoms with Crippen LogP contribution in [0.4, 0.5) is 5.69 Å². The summed E-state index contributed by atoms with van der Waals surface area (Å²) in [7, 11) is 0. The minimum atomic E-state index is 0.0640. The summed E-state index contributed by atoms with van der Waals surface area (Å²) in [4.78, 5) is 11.9. The molecule has 0 aliphatic rings. The van der Waals surface area contributed by atoms with Crippen molar-refractivity contribution in [1.82, 2.24) is 0 Å². The van der Waals surface area contributed by atoms with Crippen LogP contribution in [0.3, 0.4) is 0 Å². The first-order valence-electron chi connectivity index (χ1n) is 7.57. The molecule has 1 aromatic carbocycles. The van der Waals surface area contributed by atoms with Gasteiger partial charge in [-0.1, -0.05) is 32.6 Å². The third-order valence-corrected chi connectivity index (χ3v) is 3.84. The van der Waals surface area contributed by atoms with Gasteiger partial charge in [0, 0.05) is 12.1 Å². The highest BCUT2D eigenvalue weighted by Crippen LogP contribution is 2.30. The van der Waals surface area contributed by atoms with Crippen molar-refractivity contribution < 1.29 is 9.90 Å². The lowest BCUT2D eigenvalue weighted by atomic mass is 10.0. The molecule has 0 aliphatic heterocycles. The number of phenols is 1. The molecule has 0 bridgehead atoms. The molecule has 0 atom stereocenters. The number of phenolic OH excluding ortho intramolecular Hbond substituents is 1. The molecule has 0 unspecified atom stereocenters. The van der Waals surface area contributed by atoms with Crippen LogP contribution < -0.4 is 5.32 Å². The Morgan fingerprint density at radius 2 is 1.75 bits per heavy atom. The van der Waals surface area contributed by atoms with E-state index in [-0.39, 0.29) is 5.91 Å². The van der Waals surface area contributed by atoms with Gasteiger partial charge in [0.05, 0.1) is 0 Å².